The second kappa shape index (κ2) is 6.44. The van der Waals surface area contributed by atoms with Gasteiger partial charge in [0.2, 0.25) is 0 Å². The van der Waals surface area contributed by atoms with E-state index < -0.39 is 0 Å². The maximum Gasteiger partial charge on any atom is 0.139 e. The number of rotatable bonds is 3. The highest BCUT2D eigenvalue weighted by Crippen LogP contribution is 2.23. The van der Waals surface area contributed by atoms with Gasteiger partial charge < -0.3 is 14.8 Å². The Hall–Kier alpha value is -2.08. The summed E-state index contributed by atoms with van der Waals surface area (Å²) in [4.78, 5) is 13.9. The zero-order valence-corrected chi connectivity index (χ0v) is 14.5. The van der Waals surface area contributed by atoms with Crippen LogP contribution >= 0.6 is 11.8 Å². The quantitative estimate of drug-likeness (QED) is 0.589. The SMILES string of the molecule is [B]c1c[nH]c2nc(N3CCN(c4ccc(SC)cc4)CC3)ccc12. The molecule has 1 N–H and O–H groups in total. The summed E-state index contributed by atoms with van der Waals surface area (Å²) >= 11 is 1.78. The fourth-order valence-corrected chi connectivity index (χ4v) is 3.59. The molecule has 2 aromatic heterocycles. The summed E-state index contributed by atoms with van der Waals surface area (Å²) in [5.74, 6) is 1.02. The minimum Gasteiger partial charge on any atom is -0.368 e. The van der Waals surface area contributed by atoms with E-state index in [9.17, 15) is 0 Å². The van der Waals surface area contributed by atoms with Crippen LogP contribution in [0.4, 0.5) is 11.5 Å². The fraction of sp³-hybridized carbons (Fsp3) is 0.278. The lowest BCUT2D eigenvalue weighted by Crippen LogP contribution is -2.46. The summed E-state index contributed by atoms with van der Waals surface area (Å²) in [6.07, 6.45) is 3.91. The van der Waals surface area contributed by atoms with Gasteiger partial charge in [0.25, 0.3) is 0 Å². The average Bonchev–Trinajstić information content (AvgIpc) is 3.02. The molecule has 3 heterocycles. The van der Waals surface area contributed by atoms with Gasteiger partial charge in [-0.2, -0.15) is 0 Å². The number of nitrogens with zero attached hydrogens (tertiary/aromatic N) is 3. The number of anilines is 2. The topological polar surface area (TPSA) is 35.2 Å². The monoisotopic (exact) mass is 334 g/mol. The number of benzene rings is 1. The molecule has 0 bridgehead atoms. The first-order valence-corrected chi connectivity index (χ1v) is 9.34. The molecular weight excluding hydrogens is 315 g/mol. The first kappa shape index (κ1) is 15.5. The second-order valence-corrected chi connectivity index (χ2v) is 6.86. The summed E-state index contributed by atoms with van der Waals surface area (Å²) in [6, 6.07) is 12.9. The molecule has 1 fully saturated rings. The van der Waals surface area contributed by atoms with Crippen molar-refractivity contribution in [3.8, 4) is 0 Å². The van der Waals surface area contributed by atoms with Gasteiger partial charge in [-0.15, -0.1) is 11.8 Å². The van der Waals surface area contributed by atoms with Crippen molar-refractivity contribution in [3.63, 3.8) is 0 Å². The molecule has 0 amide bonds. The fourth-order valence-electron chi connectivity index (χ4n) is 3.18. The minimum atomic E-state index is 0.752. The van der Waals surface area contributed by atoms with Crippen molar-refractivity contribution in [2.45, 2.75) is 4.90 Å². The van der Waals surface area contributed by atoms with Crippen molar-refractivity contribution in [2.24, 2.45) is 0 Å². The van der Waals surface area contributed by atoms with Gasteiger partial charge in [0.15, 0.2) is 0 Å². The molecule has 120 valence electrons. The first-order valence-electron chi connectivity index (χ1n) is 8.12. The van der Waals surface area contributed by atoms with Crippen LogP contribution < -0.4 is 15.3 Å². The predicted octanol–water partition coefficient (Wildman–Crippen LogP) is 2.41. The Morgan fingerprint density at radius 2 is 1.71 bits per heavy atom. The van der Waals surface area contributed by atoms with E-state index in [0.29, 0.717) is 0 Å². The summed E-state index contributed by atoms with van der Waals surface area (Å²) in [7, 11) is 5.91. The number of aromatic amines is 1. The van der Waals surface area contributed by atoms with E-state index in [1.54, 1.807) is 18.0 Å². The standard InChI is InChI=1S/C18H19BN4S/c1-24-14-4-2-13(3-5-14)22-8-10-23(11-9-22)17-7-6-15-16(19)12-20-18(15)21-17/h2-7,12H,8-11H2,1H3,(H,20,21). The van der Waals surface area contributed by atoms with Crippen LogP contribution in [0, 0.1) is 0 Å². The van der Waals surface area contributed by atoms with Gasteiger partial charge >= 0.3 is 0 Å². The Morgan fingerprint density at radius 1 is 1.00 bits per heavy atom. The van der Waals surface area contributed by atoms with Crippen LogP contribution in [0.3, 0.4) is 0 Å². The highest BCUT2D eigenvalue weighted by atomic mass is 32.2. The summed E-state index contributed by atoms with van der Waals surface area (Å²) < 4.78 is 0. The molecule has 4 nitrogen and oxygen atoms in total. The highest BCUT2D eigenvalue weighted by Gasteiger charge is 2.18. The number of thioether (sulfide) groups is 1. The van der Waals surface area contributed by atoms with E-state index in [1.807, 2.05) is 0 Å². The molecule has 6 heteroatoms. The van der Waals surface area contributed by atoms with Crippen molar-refractivity contribution < 1.29 is 0 Å². The van der Waals surface area contributed by atoms with Crippen molar-refractivity contribution in [1.29, 1.82) is 0 Å². The van der Waals surface area contributed by atoms with Crippen LogP contribution in [0.1, 0.15) is 0 Å². The zero-order valence-electron chi connectivity index (χ0n) is 13.7. The third-order valence-electron chi connectivity index (χ3n) is 4.60. The van der Waals surface area contributed by atoms with Crippen LogP contribution in [-0.2, 0) is 0 Å². The number of nitrogens with one attached hydrogen (secondary N) is 1. The molecule has 3 aromatic rings. The smallest absolute Gasteiger partial charge is 0.139 e. The molecule has 1 aliphatic heterocycles. The van der Waals surface area contributed by atoms with Crippen LogP contribution in [0.5, 0.6) is 0 Å². The Labute approximate surface area is 147 Å². The Morgan fingerprint density at radius 3 is 2.42 bits per heavy atom. The Kier molecular flexibility index (Phi) is 4.14. The zero-order chi connectivity index (χ0) is 16.5. The van der Waals surface area contributed by atoms with E-state index in [-0.39, 0.29) is 0 Å². The van der Waals surface area contributed by atoms with E-state index in [2.05, 4.69) is 57.4 Å². The lowest BCUT2D eigenvalue weighted by atomic mass is 9.97. The lowest BCUT2D eigenvalue weighted by molar-refractivity contribution is 0.648. The number of piperazine rings is 1. The van der Waals surface area contributed by atoms with E-state index >= 15 is 0 Å². The summed E-state index contributed by atoms with van der Waals surface area (Å²) in [5, 5.41) is 0.992. The molecule has 1 aliphatic rings. The van der Waals surface area contributed by atoms with Crippen LogP contribution in [0.25, 0.3) is 11.0 Å². The van der Waals surface area contributed by atoms with Gasteiger partial charge in [-0.3, -0.25) is 0 Å². The number of pyridine rings is 1. The van der Waals surface area contributed by atoms with E-state index in [4.69, 9.17) is 12.8 Å². The third kappa shape index (κ3) is 2.86. The Bertz CT molecular complexity index is 838. The molecule has 0 aliphatic carbocycles. The molecule has 1 aromatic carbocycles. The molecule has 0 atom stereocenters. The summed E-state index contributed by atoms with van der Waals surface area (Å²) in [6.45, 7) is 3.95. The van der Waals surface area contributed by atoms with Gasteiger partial charge in [0.1, 0.15) is 19.3 Å². The van der Waals surface area contributed by atoms with Gasteiger partial charge in [-0.25, -0.2) is 4.98 Å². The van der Waals surface area contributed by atoms with Crippen molar-refractivity contribution in [1.82, 2.24) is 9.97 Å². The Balaban J connectivity index is 1.46. The van der Waals surface area contributed by atoms with Gasteiger partial charge in [-0.05, 0) is 48.9 Å². The van der Waals surface area contributed by atoms with Crippen molar-refractivity contribution >= 4 is 47.6 Å². The summed E-state index contributed by atoms with van der Waals surface area (Å²) in [5.41, 5.74) is 2.91. The van der Waals surface area contributed by atoms with Gasteiger partial charge in [0.05, 0.1) is 0 Å². The highest BCUT2D eigenvalue weighted by molar-refractivity contribution is 7.98. The number of hydrogen-bond acceptors (Lipinski definition) is 4. The maximum absolute atomic E-state index is 5.91. The molecule has 24 heavy (non-hydrogen) atoms. The van der Waals surface area contributed by atoms with Gasteiger partial charge in [0, 0.05) is 42.1 Å². The molecule has 4 rings (SSSR count). The van der Waals surface area contributed by atoms with Gasteiger partial charge in [-0.1, -0.05) is 5.46 Å². The predicted molar refractivity (Wildman–Crippen MR) is 104 cm³/mol. The lowest BCUT2D eigenvalue weighted by Gasteiger charge is -2.36. The molecular formula is C18H19BN4S. The van der Waals surface area contributed by atoms with Crippen molar-refractivity contribution in [3.05, 3.63) is 42.6 Å². The van der Waals surface area contributed by atoms with Crippen LogP contribution in [0.15, 0.2) is 47.5 Å². The average molecular weight is 334 g/mol. The maximum atomic E-state index is 5.91. The minimum absolute atomic E-state index is 0.752. The van der Waals surface area contributed by atoms with E-state index in [1.165, 1.54) is 10.6 Å². The molecule has 1 saturated heterocycles. The van der Waals surface area contributed by atoms with Crippen molar-refractivity contribution in [2.75, 3.05) is 42.2 Å². The molecule has 0 spiro atoms. The molecule has 0 saturated carbocycles. The molecule has 2 radical (unpaired) electrons. The number of fused-ring (bicyclic) bond motifs is 1. The first-order chi connectivity index (χ1) is 11.7. The van der Waals surface area contributed by atoms with Crippen LogP contribution in [-0.4, -0.2) is 50.2 Å². The number of H-pyrrole nitrogens is 1. The largest absolute Gasteiger partial charge is 0.368 e. The third-order valence-corrected chi connectivity index (χ3v) is 5.34. The second-order valence-electron chi connectivity index (χ2n) is 5.98. The van der Waals surface area contributed by atoms with Crippen LogP contribution in [0.2, 0.25) is 0 Å². The number of hydrogen-bond donors (Lipinski definition) is 1. The van der Waals surface area contributed by atoms with E-state index in [0.717, 1.165) is 48.5 Å². The molecule has 0 unspecified atom stereocenters. The normalized spacial score (nSPS) is 15.2. The number of aromatic nitrogens is 2.